The van der Waals surface area contributed by atoms with Gasteiger partial charge in [-0.3, -0.25) is 4.79 Å². The standard InChI is InChI=1S/C16H23NO5/c1-11(16(19)22-4)17-13-10-12(8-9-14(13)20-2)6-5-7-15(18)21-3/h8-11,17H,5-7H2,1-4H3. The number of methoxy groups -OCH3 is 3. The van der Waals surface area contributed by atoms with Crippen LogP contribution in [0.3, 0.4) is 0 Å². The predicted molar refractivity (Wildman–Crippen MR) is 83.0 cm³/mol. The number of nitrogens with one attached hydrogen (secondary N) is 1. The summed E-state index contributed by atoms with van der Waals surface area (Å²) in [6, 6.07) is 5.20. The maximum absolute atomic E-state index is 11.5. The lowest BCUT2D eigenvalue weighted by Crippen LogP contribution is -2.27. The minimum Gasteiger partial charge on any atom is -0.495 e. The van der Waals surface area contributed by atoms with Crippen LogP contribution in [-0.4, -0.2) is 39.3 Å². The van der Waals surface area contributed by atoms with Gasteiger partial charge in [-0.15, -0.1) is 0 Å². The van der Waals surface area contributed by atoms with Crippen molar-refractivity contribution in [2.24, 2.45) is 0 Å². The van der Waals surface area contributed by atoms with Crippen molar-refractivity contribution < 1.29 is 23.8 Å². The van der Waals surface area contributed by atoms with Gasteiger partial charge in [0.2, 0.25) is 0 Å². The Morgan fingerprint density at radius 3 is 2.50 bits per heavy atom. The highest BCUT2D eigenvalue weighted by Crippen LogP contribution is 2.27. The fraction of sp³-hybridized carbons (Fsp3) is 0.500. The van der Waals surface area contributed by atoms with Gasteiger partial charge in [0.1, 0.15) is 11.8 Å². The first kappa shape index (κ1) is 17.8. The van der Waals surface area contributed by atoms with Gasteiger partial charge in [-0.25, -0.2) is 4.79 Å². The van der Waals surface area contributed by atoms with Crippen LogP contribution in [0.25, 0.3) is 0 Å². The summed E-state index contributed by atoms with van der Waals surface area (Å²) in [4.78, 5) is 22.6. The van der Waals surface area contributed by atoms with E-state index < -0.39 is 6.04 Å². The summed E-state index contributed by atoms with van der Waals surface area (Å²) in [6.07, 6.45) is 1.81. The Hall–Kier alpha value is -2.24. The zero-order chi connectivity index (χ0) is 16.5. The van der Waals surface area contributed by atoms with Crippen molar-refractivity contribution in [1.29, 1.82) is 0 Å². The molecule has 0 fully saturated rings. The van der Waals surface area contributed by atoms with Gasteiger partial charge in [-0.05, 0) is 37.5 Å². The highest BCUT2D eigenvalue weighted by atomic mass is 16.5. The molecule has 122 valence electrons. The third kappa shape index (κ3) is 5.27. The molecule has 1 rings (SSSR count). The lowest BCUT2D eigenvalue weighted by Gasteiger charge is -2.16. The van der Waals surface area contributed by atoms with Gasteiger partial charge in [0, 0.05) is 6.42 Å². The second-order valence-corrected chi connectivity index (χ2v) is 4.85. The summed E-state index contributed by atoms with van der Waals surface area (Å²) in [5.74, 6) is 0.0804. The van der Waals surface area contributed by atoms with Crippen LogP contribution in [0.1, 0.15) is 25.3 Å². The molecule has 0 saturated carbocycles. The Bertz CT molecular complexity index is 515. The minimum absolute atomic E-state index is 0.217. The lowest BCUT2D eigenvalue weighted by molar-refractivity contribution is -0.141. The number of carbonyl (C=O) groups is 2. The molecular weight excluding hydrogens is 286 g/mol. The fourth-order valence-corrected chi connectivity index (χ4v) is 2.03. The monoisotopic (exact) mass is 309 g/mol. The summed E-state index contributed by atoms with van der Waals surface area (Å²) in [5.41, 5.74) is 1.76. The number of esters is 2. The quantitative estimate of drug-likeness (QED) is 0.742. The Morgan fingerprint density at radius 2 is 1.91 bits per heavy atom. The third-order valence-corrected chi connectivity index (χ3v) is 3.26. The molecule has 0 aromatic heterocycles. The number of hydrogen-bond donors (Lipinski definition) is 1. The first-order valence-electron chi connectivity index (χ1n) is 7.10. The van der Waals surface area contributed by atoms with Crippen molar-refractivity contribution in [2.75, 3.05) is 26.6 Å². The largest absolute Gasteiger partial charge is 0.495 e. The summed E-state index contributed by atoms with van der Waals surface area (Å²) in [5, 5.41) is 3.07. The number of hydrogen-bond acceptors (Lipinski definition) is 6. The SMILES string of the molecule is COC(=O)CCCc1ccc(OC)c(NC(C)C(=O)OC)c1. The van der Waals surface area contributed by atoms with E-state index in [0.29, 0.717) is 18.6 Å². The highest BCUT2D eigenvalue weighted by Gasteiger charge is 2.15. The van der Waals surface area contributed by atoms with E-state index in [9.17, 15) is 9.59 Å². The molecule has 1 aromatic carbocycles. The second-order valence-electron chi connectivity index (χ2n) is 4.85. The van der Waals surface area contributed by atoms with Gasteiger partial charge in [0.15, 0.2) is 0 Å². The van der Waals surface area contributed by atoms with E-state index in [-0.39, 0.29) is 11.9 Å². The Kier molecular flexibility index (Phi) is 7.22. The molecule has 22 heavy (non-hydrogen) atoms. The fourth-order valence-electron chi connectivity index (χ4n) is 2.03. The molecular formula is C16H23NO5. The van der Waals surface area contributed by atoms with Gasteiger partial charge in [-0.1, -0.05) is 6.07 Å². The van der Waals surface area contributed by atoms with E-state index in [2.05, 4.69) is 10.1 Å². The zero-order valence-corrected chi connectivity index (χ0v) is 13.5. The average Bonchev–Trinajstić information content (AvgIpc) is 2.54. The van der Waals surface area contributed by atoms with Gasteiger partial charge in [-0.2, -0.15) is 0 Å². The Labute approximate surface area is 130 Å². The van der Waals surface area contributed by atoms with Crippen molar-refractivity contribution in [3.05, 3.63) is 23.8 Å². The van der Waals surface area contributed by atoms with Gasteiger partial charge in [0.05, 0.1) is 27.0 Å². The molecule has 0 aliphatic heterocycles. The molecule has 1 atom stereocenters. The molecule has 0 aliphatic rings. The van der Waals surface area contributed by atoms with E-state index >= 15 is 0 Å². The normalized spacial score (nSPS) is 11.5. The van der Waals surface area contributed by atoms with E-state index in [4.69, 9.17) is 9.47 Å². The molecule has 6 nitrogen and oxygen atoms in total. The average molecular weight is 309 g/mol. The van der Waals surface area contributed by atoms with E-state index in [1.54, 1.807) is 14.0 Å². The molecule has 0 spiro atoms. The molecule has 1 unspecified atom stereocenters. The van der Waals surface area contributed by atoms with Crippen molar-refractivity contribution in [2.45, 2.75) is 32.2 Å². The molecule has 1 aromatic rings. The summed E-state index contributed by atoms with van der Waals surface area (Å²) in [7, 11) is 4.30. The maximum atomic E-state index is 11.5. The minimum atomic E-state index is -0.482. The van der Waals surface area contributed by atoms with E-state index in [0.717, 1.165) is 17.7 Å². The second kappa shape index (κ2) is 8.92. The Balaban J connectivity index is 2.75. The van der Waals surface area contributed by atoms with Crippen LogP contribution in [0.15, 0.2) is 18.2 Å². The van der Waals surface area contributed by atoms with E-state index in [1.807, 2.05) is 18.2 Å². The van der Waals surface area contributed by atoms with Crippen LogP contribution in [-0.2, 0) is 25.5 Å². The summed E-state index contributed by atoms with van der Waals surface area (Å²) < 4.78 is 14.6. The topological polar surface area (TPSA) is 73.9 Å². The van der Waals surface area contributed by atoms with Crippen LogP contribution < -0.4 is 10.1 Å². The number of anilines is 1. The van der Waals surface area contributed by atoms with Crippen LogP contribution in [0, 0.1) is 0 Å². The zero-order valence-electron chi connectivity index (χ0n) is 13.5. The van der Waals surface area contributed by atoms with E-state index in [1.165, 1.54) is 14.2 Å². The summed E-state index contributed by atoms with van der Waals surface area (Å²) in [6.45, 7) is 1.72. The molecule has 6 heteroatoms. The van der Waals surface area contributed by atoms with Crippen LogP contribution in [0.4, 0.5) is 5.69 Å². The van der Waals surface area contributed by atoms with Gasteiger partial charge in [0.25, 0.3) is 0 Å². The molecule has 0 radical (unpaired) electrons. The lowest BCUT2D eigenvalue weighted by atomic mass is 10.1. The number of ether oxygens (including phenoxy) is 3. The molecule has 0 heterocycles. The molecule has 0 saturated heterocycles. The van der Waals surface area contributed by atoms with Gasteiger partial charge < -0.3 is 19.5 Å². The maximum Gasteiger partial charge on any atom is 0.327 e. The van der Waals surface area contributed by atoms with Gasteiger partial charge >= 0.3 is 11.9 Å². The molecule has 0 aliphatic carbocycles. The predicted octanol–water partition coefficient (Wildman–Crippen LogP) is 2.16. The van der Waals surface area contributed by atoms with Crippen molar-refractivity contribution in [1.82, 2.24) is 0 Å². The van der Waals surface area contributed by atoms with Crippen LogP contribution in [0.2, 0.25) is 0 Å². The van der Waals surface area contributed by atoms with Crippen molar-refractivity contribution in [3.8, 4) is 5.75 Å². The number of carbonyl (C=O) groups excluding carboxylic acids is 2. The highest BCUT2D eigenvalue weighted by molar-refractivity contribution is 5.79. The summed E-state index contributed by atoms with van der Waals surface area (Å²) >= 11 is 0. The third-order valence-electron chi connectivity index (χ3n) is 3.26. The van der Waals surface area contributed by atoms with Crippen LogP contribution >= 0.6 is 0 Å². The first-order chi connectivity index (χ1) is 10.5. The molecule has 0 bridgehead atoms. The smallest absolute Gasteiger partial charge is 0.327 e. The first-order valence-corrected chi connectivity index (χ1v) is 7.10. The number of rotatable bonds is 8. The van der Waals surface area contributed by atoms with Crippen LogP contribution in [0.5, 0.6) is 5.75 Å². The molecule has 0 amide bonds. The molecule has 1 N–H and O–H groups in total. The Morgan fingerprint density at radius 1 is 1.18 bits per heavy atom. The number of aryl methyl sites for hydroxylation is 1. The number of benzene rings is 1. The van der Waals surface area contributed by atoms with Crippen molar-refractivity contribution >= 4 is 17.6 Å². The van der Waals surface area contributed by atoms with Crippen molar-refractivity contribution in [3.63, 3.8) is 0 Å².